The van der Waals surface area contributed by atoms with E-state index < -0.39 is 22.8 Å². The Labute approximate surface area is 156 Å². The minimum atomic E-state index is -0.725. The fourth-order valence-electron chi connectivity index (χ4n) is 3.28. The van der Waals surface area contributed by atoms with E-state index in [1.54, 1.807) is 16.4 Å². The maximum absolute atomic E-state index is 14.8. The van der Waals surface area contributed by atoms with Gasteiger partial charge in [-0.1, -0.05) is 0 Å². The van der Waals surface area contributed by atoms with E-state index in [1.807, 2.05) is 20.8 Å². The molecule has 0 saturated carbocycles. The smallest absolute Gasteiger partial charge is 0.343 e. The molecule has 2 N–H and O–H groups in total. The number of ether oxygens (including phenoxy) is 1. The van der Waals surface area contributed by atoms with Crippen molar-refractivity contribution in [1.82, 2.24) is 9.55 Å². The van der Waals surface area contributed by atoms with Crippen LogP contribution in [0.5, 0.6) is 0 Å². The summed E-state index contributed by atoms with van der Waals surface area (Å²) in [7, 11) is 0. The third-order valence-electron chi connectivity index (χ3n) is 4.66. The first-order valence-electron chi connectivity index (χ1n) is 9.07. The Kier molecular flexibility index (Phi) is 4.94. The van der Waals surface area contributed by atoms with Crippen molar-refractivity contribution in [3.05, 3.63) is 33.9 Å². The Balaban J connectivity index is 2.28. The summed E-state index contributed by atoms with van der Waals surface area (Å²) in [5.74, 6) is -1.15. The lowest BCUT2D eigenvalue weighted by Crippen LogP contribution is -2.31. The van der Waals surface area contributed by atoms with Crippen LogP contribution < -0.4 is 16.1 Å². The van der Waals surface area contributed by atoms with Gasteiger partial charge in [-0.25, -0.2) is 14.2 Å². The van der Waals surface area contributed by atoms with E-state index in [-0.39, 0.29) is 29.4 Å². The molecule has 1 saturated heterocycles. The molecule has 1 aliphatic rings. The van der Waals surface area contributed by atoms with E-state index in [1.165, 1.54) is 6.20 Å². The van der Waals surface area contributed by atoms with Crippen LogP contribution >= 0.6 is 0 Å². The SMILES string of the molecule is CCOC(=O)c1cn(C(C)(C)C)c2nc(N3CC[C@@H](N)C3)c(F)cc2c1=O. The number of carbonyl (C=O) groups is 1. The van der Waals surface area contributed by atoms with E-state index in [2.05, 4.69) is 4.98 Å². The average Bonchev–Trinajstić information content (AvgIpc) is 3.00. The van der Waals surface area contributed by atoms with E-state index in [9.17, 15) is 14.0 Å². The molecule has 3 rings (SSSR count). The third-order valence-corrected chi connectivity index (χ3v) is 4.66. The molecule has 1 atom stereocenters. The Bertz CT molecular complexity index is 949. The first kappa shape index (κ1) is 19.3. The van der Waals surface area contributed by atoms with Crippen molar-refractivity contribution in [2.24, 2.45) is 5.73 Å². The summed E-state index contributed by atoms with van der Waals surface area (Å²) in [5.41, 5.74) is 5.06. The quantitative estimate of drug-likeness (QED) is 0.824. The normalized spacial score (nSPS) is 17.6. The summed E-state index contributed by atoms with van der Waals surface area (Å²) < 4.78 is 21.5. The van der Waals surface area contributed by atoms with Crippen molar-refractivity contribution in [1.29, 1.82) is 0 Å². The molecule has 2 aromatic heterocycles. The molecule has 0 aliphatic carbocycles. The van der Waals surface area contributed by atoms with Crippen molar-refractivity contribution in [2.45, 2.75) is 45.7 Å². The molecule has 1 fully saturated rings. The van der Waals surface area contributed by atoms with Crippen molar-refractivity contribution >= 4 is 22.8 Å². The number of esters is 1. The largest absolute Gasteiger partial charge is 0.462 e. The molecule has 27 heavy (non-hydrogen) atoms. The Morgan fingerprint density at radius 3 is 2.70 bits per heavy atom. The fraction of sp³-hybridized carbons (Fsp3) is 0.526. The van der Waals surface area contributed by atoms with Gasteiger partial charge in [-0.05, 0) is 40.2 Å². The lowest BCUT2D eigenvalue weighted by Gasteiger charge is -2.27. The molecule has 0 amide bonds. The molecule has 1 aliphatic heterocycles. The molecule has 0 radical (unpaired) electrons. The maximum atomic E-state index is 14.8. The second-order valence-corrected chi connectivity index (χ2v) is 7.79. The topological polar surface area (TPSA) is 90.5 Å². The van der Waals surface area contributed by atoms with Gasteiger partial charge in [0.15, 0.2) is 11.6 Å². The summed E-state index contributed by atoms with van der Waals surface area (Å²) >= 11 is 0. The van der Waals surface area contributed by atoms with Crippen molar-refractivity contribution in [3.63, 3.8) is 0 Å². The van der Waals surface area contributed by atoms with Gasteiger partial charge in [0.2, 0.25) is 5.43 Å². The third kappa shape index (κ3) is 3.53. The summed E-state index contributed by atoms with van der Waals surface area (Å²) in [6, 6.07) is 1.13. The van der Waals surface area contributed by atoms with Gasteiger partial charge in [0.1, 0.15) is 11.2 Å². The van der Waals surface area contributed by atoms with Crippen LogP contribution in [0.3, 0.4) is 0 Å². The first-order valence-corrected chi connectivity index (χ1v) is 9.07. The summed E-state index contributed by atoms with van der Waals surface area (Å²) in [5, 5.41) is 0.0558. The highest BCUT2D eigenvalue weighted by atomic mass is 19.1. The van der Waals surface area contributed by atoms with Crippen LogP contribution in [0.15, 0.2) is 17.1 Å². The zero-order valence-corrected chi connectivity index (χ0v) is 16.1. The second kappa shape index (κ2) is 6.92. The van der Waals surface area contributed by atoms with Gasteiger partial charge >= 0.3 is 5.97 Å². The standard InChI is InChI=1S/C19H25FN4O3/c1-5-27-18(26)13-10-24(19(2,3)4)16-12(15(13)25)8-14(20)17(22-16)23-7-6-11(21)9-23/h8,10-11H,5-7,9,21H2,1-4H3/t11-/m1/s1. The van der Waals surface area contributed by atoms with E-state index in [0.717, 1.165) is 12.5 Å². The lowest BCUT2D eigenvalue weighted by molar-refractivity contribution is 0.0524. The highest BCUT2D eigenvalue weighted by Gasteiger charge is 2.27. The number of anilines is 1. The lowest BCUT2D eigenvalue weighted by atomic mass is 10.1. The number of carbonyl (C=O) groups excluding carboxylic acids is 1. The molecule has 7 nitrogen and oxygen atoms in total. The fourth-order valence-corrected chi connectivity index (χ4v) is 3.28. The summed E-state index contributed by atoms with van der Waals surface area (Å²) in [6.07, 6.45) is 2.21. The summed E-state index contributed by atoms with van der Waals surface area (Å²) in [4.78, 5) is 31.3. The Morgan fingerprint density at radius 2 is 2.15 bits per heavy atom. The average molecular weight is 376 g/mol. The van der Waals surface area contributed by atoms with Gasteiger partial charge in [-0.3, -0.25) is 4.79 Å². The molecule has 146 valence electrons. The number of pyridine rings is 2. The van der Waals surface area contributed by atoms with Crippen LogP contribution in [-0.2, 0) is 10.3 Å². The Hall–Kier alpha value is -2.48. The van der Waals surface area contributed by atoms with Gasteiger partial charge in [-0.2, -0.15) is 0 Å². The predicted molar refractivity (Wildman–Crippen MR) is 102 cm³/mol. The molecule has 0 aromatic carbocycles. The number of aromatic nitrogens is 2. The molecule has 8 heteroatoms. The monoisotopic (exact) mass is 376 g/mol. The minimum Gasteiger partial charge on any atom is -0.462 e. The molecule has 0 spiro atoms. The van der Waals surface area contributed by atoms with Gasteiger partial charge in [-0.15, -0.1) is 0 Å². The number of hydrogen-bond donors (Lipinski definition) is 1. The number of nitrogens with two attached hydrogens (primary N) is 1. The van der Waals surface area contributed by atoms with Gasteiger partial charge < -0.3 is 19.9 Å². The zero-order chi connectivity index (χ0) is 19.9. The van der Waals surface area contributed by atoms with E-state index >= 15 is 0 Å². The Morgan fingerprint density at radius 1 is 1.44 bits per heavy atom. The molecule has 0 unspecified atom stereocenters. The van der Waals surface area contributed by atoms with Crippen molar-refractivity contribution < 1.29 is 13.9 Å². The molecule has 0 bridgehead atoms. The van der Waals surface area contributed by atoms with Crippen LogP contribution in [0.4, 0.5) is 10.2 Å². The van der Waals surface area contributed by atoms with Gasteiger partial charge in [0, 0.05) is 30.9 Å². The molecule has 2 aromatic rings. The minimum absolute atomic E-state index is 0.0297. The number of nitrogens with zero attached hydrogens (tertiary/aromatic N) is 3. The number of halogens is 1. The van der Waals surface area contributed by atoms with Crippen molar-refractivity contribution in [3.8, 4) is 0 Å². The van der Waals surface area contributed by atoms with Gasteiger partial charge in [0.05, 0.1) is 12.0 Å². The van der Waals surface area contributed by atoms with Crippen LogP contribution in [0.1, 0.15) is 44.5 Å². The highest BCUT2D eigenvalue weighted by molar-refractivity contribution is 5.93. The van der Waals surface area contributed by atoms with E-state index in [4.69, 9.17) is 10.5 Å². The summed E-state index contributed by atoms with van der Waals surface area (Å²) in [6.45, 7) is 8.68. The molecule has 3 heterocycles. The van der Waals surface area contributed by atoms with Gasteiger partial charge in [0.25, 0.3) is 0 Å². The van der Waals surface area contributed by atoms with Crippen LogP contribution in [0.2, 0.25) is 0 Å². The molecular weight excluding hydrogens is 351 g/mol. The number of fused-ring (bicyclic) bond motifs is 1. The van der Waals surface area contributed by atoms with Crippen LogP contribution in [0.25, 0.3) is 11.0 Å². The van der Waals surface area contributed by atoms with Crippen molar-refractivity contribution in [2.75, 3.05) is 24.6 Å². The second-order valence-electron chi connectivity index (χ2n) is 7.79. The zero-order valence-electron chi connectivity index (χ0n) is 16.1. The van der Waals surface area contributed by atoms with Crippen LogP contribution in [0, 0.1) is 5.82 Å². The molecular formula is C19H25FN4O3. The van der Waals surface area contributed by atoms with E-state index in [0.29, 0.717) is 18.7 Å². The van der Waals surface area contributed by atoms with Crippen LogP contribution in [-0.4, -0.2) is 41.3 Å². The first-order chi connectivity index (χ1) is 12.6. The highest BCUT2D eigenvalue weighted by Crippen LogP contribution is 2.27. The maximum Gasteiger partial charge on any atom is 0.343 e. The predicted octanol–water partition coefficient (Wildman–Crippen LogP) is 2.00. The number of hydrogen-bond acceptors (Lipinski definition) is 6. The number of rotatable bonds is 3.